The fourth-order valence-corrected chi connectivity index (χ4v) is 2.64. The van der Waals surface area contributed by atoms with Crippen LogP contribution in [0.4, 0.5) is 0 Å². The minimum absolute atomic E-state index is 0. The summed E-state index contributed by atoms with van der Waals surface area (Å²) < 4.78 is 5.58. The summed E-state index contributed by atoms with van der Waals surface area (Å²) in [4.78, 5) is 12.1. The molecule has 0 unspecified atom stereocenters. The molecular weight excluding hydrogens is 280 g/mol. The molecule has 1 aliphatic heterocycles. The Hall–Kier alpha value is -0.360. The molecule has 1 fully saturated rings. The molecule has 0 aromatic carbocycles. The van der Waals surface area contributed by atoms with E-state index >= 15 is 0 Å². The Bertz CT molecular complexity index is 286. The quantitative estimate of drug-likeness (QED) is 0.629. The molecule has 4 N–H and O–H groups in total. The second-order valence-electron chi connectivity index (χ2n) is 5.46. The average Bonchev–Trinajstić information content (AvgIpc) is 2.92. The lowest BCUT2D eigenvalue weighted by molar-refractivity contribution is -0.132. The van der Waals surface area contributed by atoms with Gasteiger partial charge in [0.1, 0.15) is 6.10 Å². The van der Waals surface area contributed by atoms with Gasteiger partial charge in [-0.3, -0.25) is 4.79 Å². The molecule has 0 bridgehead atoms. The van der Waals surface area contributed by atoms with Gasteiger partial charge < -0.3 is 20.9 Å². The first-order valence-corrected chi connectivity index (χ1v) is 7.35. The van der Waals surface area contributed by atoms with E-state index in [9.17, 15) is 4.79 Å². The first-order chi connectivity index (χ1) is 9.10. The zero-order chi connectivity index (χ0) is 14.3. The highest BCUT2D eigenvalue weighted by molar-refractivity contribution is 5.85. The molecule has 5 nitrogen and oxygen atoms in total. The number of halogens is 1. The van der Waals surface area contributed by atoms with Gasteiger partial charge in [0.05, 0.1) is 6.10 Å². The van der Waals surface area contributed by atoms with Crippen LogP contribution < -0.4 is 11.1 Å². The highest BCUT2D eigenvalue weighted by Gasteiger charge is 2.32. The molecule has 0 spiro atoms. The van der Waals surface area contributed by atoms with Crippen molar-refractivity contribution in [3.63, 3.8) is 0 Å². The lowest BCUT2D eigenvalue weighted by atomic mass is 9.79. The molecule has 1 amide bonds. The SMILES string of the molecule is CCC(CC)(CCO)CNC(=O)[C@@H]1CC[C@H](CN)O1.Cl. The summed E-state index contributed by atoms with van der Waals surface area (Å²) in [5.74, 6) is -0.0415. The van der Waals surface area contributed by atoms with E-state index in [0.29, 0.717) is 13.1 Å². The molecule has 1 aliphatic rings. The van der Waals surface area contributed by atoms with E-state index in [-0.39, 0.29) is 42.5 Å². The maximum atomic E-state index is 12.1. The Morgan fingerprint density at radius 1 is 1.40 bits per heavy atom. The Morgan fingerprint density at radius 3 is 2.50 bits per heavy atom. The van der Waals surface area contributed by atoms with Gasteiger partial charge in [0, 0.05) is 19.7 Å². The predicted molar refractivity (Wildman–Crippen MR) is 81.9 cm³/mol. The van der Waals surface area contributed by atoms with Crippen LogP contribution in [0.25, 0.3) is 0 Å². The highest BCUT2D eigenvalue weighted by atomic mass is 35.5. The van der Waals surface area contributed by atoms with Crippen molar-refractivity contribution < 1.29 is 14.6 Å². The third kappa shape index (κ3) is 5.20. The van der Waals surface area contributed by atoms with Gasteiger partial charge in [-0.1, -0.05) is 13.8 Å². The van der Waals surface area contributed by atoms with E-state index in [1.807, 2.05) is 0 Å². The van der Waals surface area contributed by atoms with E-state index < -0.39 is 0 Å². The summed E-state index contributed by atoms with van der Waals surface area (Å²) in [5.41, 5.74) is 5.53. The Balaban J connectivity index is 0.00000361. The van der Waals surface area contributed by atoms with Crippen molar-refractivity contribution in [2.24, 2.45) is 11.1 Å². The van der Waals surface area contributed by atoms with Crippen LogP contribution in [0.15, 0.2) is 0 Å². The Morgan fingerprint density at radius 2 is 2.05 bits per heavy atom. The number of carbonyl (C=O) groups is 1. The number of aliphatic hydroxyl groups is 1. The third-order valence-corrected chi connectivity index (χ3v) is 4.44. The van der Waals surface area contributed by atoms with Gasteiger partial charge in [-0.2, -0.15) is 0 Å². The van der Waals surface area contributed by atoms with Crippen LogP contribution in [-0.2, 0) is 9.53 Å². The van der Waals surface area contributed by atoms with Crippen LogP contribution in [0, 0.1) is 5.41 Å². The van der Waals surface area contributed by atoms with Crippen LogP contribution in [0.2, 0.25) is 0 Å². The minimum atomic E-state index is -0.353. The van der Waals surface area contributed by atoms with Crippen LogP contribution in [0.5, 0.6) is 0 Å². The van der Waals surface area contributed by atoms with Gasteiger partial charge in [0.25, 0.3) is 0 Å². The molecule has 1 saturated heterocycles. The normalized spacial score (nSPS) is 22.4. The molecule has 0 radical (unpaired) electrons. The third-order valence-electron chi connectivity index (χ3n) is 4.44. The van der Waals surface area contributed by atoms with E-state index in [1.54, 1.807) is 0 Å². The van der Waals surface area contributed by atoms with Crippen molar-refractivity contribution in [2.45, 2.75) is 58.2 Å². The average molecular weight is 309 g/mol. The zero-order valence-electron chi connectivity index (χ0n) is 12.6. The molecule has 0 aromatic rings. The summed E-state index contributed by atoms with van der Waals surface area (Å²) in [6, 6.07) is 0. The number of hydrogen-bond donors (Lipinski definition) is 3. The monoisotopic (exact) mass is 308 g/mol. The maximum absolute atomic E-state index is 12.1. The maximum Gasteiger partial charge on any atom is 0.249 e. The summed E-state index contributed by atoms with van der Waals surface area (Å²) in [7, 11) is 0. The number of ether oxygens (including phenoxy) is 1. The lowest BCUT2D eigenvalue weighted by Gasteiger charge is -2.31. The number of rotatable bonds is 8. The topological polar surface area (TPSA) is 84.6 Å². The molecule has 6 heteroatoms. The number of nitrogens with two attached hydrogens (primary N) is 1. The molecule has 1 rings (SSSR count). The minimum Gasteiger partial charge on any atom is -0.396 e. The molecule has 2 atom stereocenters. The summed E-state index contributed by atoms with van der Waals surface area (Å²) in [5, 5.41) is 12.1. The van der Waals surface area contributed by atoms with Crippen molar-refractivity contribution in [1.29, 1.82) is 0 Å². The second-order valence-corrected chi connectivity index (χ2v) is 5.46. The fraction of sp³-hybridized carbons (Fsp3) is 0.929. The van der Waals surface area contributed by atoms with Crippen LogP contribution in [0.1, 0.15) is 46.0 Å². The van der Waals surface area contributed by atoms with Crippen LogP contribution >= 0.6 is 12.4 Å². The fourth-order valence-electron chi connectivity index (χ4n) is 2.64. The van der Waals surface area contributed by atoms with E-state index in [4.69, 9.17) is 15.6 Å². The van der Waals surface area contributed by atoms with Gasteiger partial charge >= 0.3 is 0 Å². The van der Waals surface area contributed by atoms with E-state index in [2.05, 4.69) is 19.2 Å². The standard InChI is InChI=1S/C14H28N2O3.ClH/c1-3-14(4-2,7-8-17)10-16-13(18)12-6-5-11(9-15)19-12;/h11-12,17H,3-10,15H2,1-2H3,(H,16,18);1H/t11-,12+;/m1./s1. The number of aliphatic hydroxyl groups excluding tert-OH is 1. The van der Waals surface area contributed by atoms with Crippen molar-refractivity contribution in [3.8, 4) is 0 Å². The molecule has 1 heterocycles. The number of carbonyl (C=O) groups excluding carboxylic acids is 1. The van der Waals surface area contributed by atoms with Crippen molar-refractivity contribution in [2.75, 3.05) is 19.7 Å². The molecule has 20 heavy (non-hydrogen) atoms. The van der Waals surface area contributed by atoms with Crippen molar-refractivity contribution in [1.82, 2.24) is 5.32 Å². The summed E-state index contributed by atoms with van der Waals surface area (Å²) >= 11 is 0. The van der Waals surface area contributed by atoms with E-state index in [0.717, 1.165) is 32.1 Å². The summed E-state index contributed by atoms with van der Waals surface area (Å²) in [6.07, 6.45) is 3.89. The highest BCUT2D eigenvalue weighted by Crippen LogP contribution is 2.29. The van der Waals surface area contributed by atoms with Crippen molar-refractivity contribution in [3.05, 3.63) is 0 Å². The van der Waals surface area contributed by atoms with Crippen LogP contribution in [0.3, 0.4) is 0 Å². The number of hydrogen-bond acceptors (Lipinski definition) is 4. The van der Waals surface area contributed by atoms with Gasteiger partial charge in [-0.05, 0) is 37.5 Å². The molecular formula is C14H29ClN2O3. The first-order valence-electron chi connectivity index (χ1n) is 7.35. The number of nitrogens with one attached hydrogen (secondary N) is 1. The Labute approximate surface area is 128 Å². The molecule has 0 aromatic heterocycles. The van der Waals surface area contributed by atoms with E-state index in [1.165, 1.54) is 0 Å². The predicted octanol–water partition coefficient (Wildman–Crippen LogP) is 1.22. The summed E-state index contributed by atoms with van der Waals surface area (Å²) in [6.45, 7) is 5.44. The molecule has 120 valence electrons. The van der Waals surface area contributed by atoms with Gasteiger partial charge in [-0.15, -0.1) is 12.4 Å². The number of amides is 1. The van der Waals surface area contributed by atoms with Crippen molar-refractivity contribution >= 4 is 18.3 Å². The smallest absolute Gasteiger partial charge is 0.249 e. The molecule has 0 aliphatic carbocycles. The molecule has 0 saturated carbocycles. The van der Waals surface area contributed by atoms with Gasteiger partial charge in [0.15, 0.2) is 0 Å². The Kier molecular flexibility index (Phi) is 9.38. The zero-order valence-corrected chi connectivity index (χ0v) is 13.4. The first kappa shape index (κ1) is 19.6. The second kappa shape index (κ2) is 9.55. The lowest BCUT2D eigenvalue weighted by Crippen LogP contribution is -2.42. The van der Waals surface area contributed by atoms with Gasteiger partial charge in [0.2, 0.25) is 5.91 Å². The largest absolute Gasteiger partial charge is 0.396 e. The van der Waals surface area contributed by atoms with Crippen LogP contribution in [-0.4, -0.2) is 42.9 Å². The van der Waals surface area contributed by atoms with Gasteiger partial charge in [-0.25, -0.2) is 0 Å².